The number of alkyl halides is 3. The minimum Gasteiger partial charge on any atom is -0.348 e. The zero-order valence-corrected chi connectivity index (χ0v) is 13.8. The molecule has 1 amide bonds. The van der Waals surface area contributed by atoms with Crippen LogP contribution in [0.2, 0.25) is 19.6 Å². The lowest BCUT2D eigenvalue weighted by molar-refractivity contribution is -0.120. The molecule has 0 unspecified atom stereocenters. The molecule has 1 N–H and O–H groups in total. The van der Waals surface area contributed by atoms with Crippen molar-refractivity contribution in [3.05, 3.63) is 29.8 Å². The fraction of sp³-hybridized carbons (Fsp3) is 0.417. The first-order valence-electron chi connectivity index (χ1n) is 5.55. The van der Waals surface area contributed by atoms with Gasteiger partial charge >= 0.3 is 0 Å². The first-order valence-corrected chi connectivity index (χ1v) is 10.2. The van der Waals surface area contributed by atoms with Gasteiger partial charge < -0.3 is 5.32 Å². The van der Waals surface area contributed by atoms with Gasteiger partial charge in [-0.1, -0.05) is 83.9 Å². The predicted octanol–water partition coefficient (Wildman–Crippen LogP) is 3.22. The van der Waals surface area contributed by atoms with Gasteiger partial charge in [0.15, 0.2) is 0 Å². The monoisotopic (exact) mass is 323 g/mol. The highest BCUT2D eigenvalue weighted by Gasteiger charge is 2.30. The van der Waals surface area contributed by atoms with E-state index in [1.807, 2.05) is 12.1 Å². The molecule has 0 saturated heterocycles. The molecule has 2 nitrogen and oxygen atoms in total. The van der Waals surface area contributed by atoms with Crippen LogP contribution >= 0.6 is 34.8 Å². The highest BCUT2D eigenvalue weighted by atomic mass is 35.6. The fourth-order valence-corrected chi connectivity index (χ4v) is 2.77. The molecule has 0 radical (unpaired) electrons. The highest BCUT2D eigenvalue weighted by molar-refractivity contribution is 6.88. The topological polar surface area (TPSA) is 29.1 Å². The number of rotatable bonds is 3. The standard InChI is InChI=1S/C12H16Cl3NOSi/c1-18(2,3)10-6-4-9(5-7-10)8-16-11(17)12(13,14)15/h4-7H,8H2,1-3H3,(H,16,17). The first-order chi connectivity index (χ1) is 8.10. The van der Waals surface area contributed by atoms with Crippen molar-refractivity contribution in [1.29, 1.82) is 0 Å². The number of hydrogen-bond donors (Lipinski definition) is 1. The summed E-state index contributed by atoms with van der Waals surface area (Å²) in [7, 11) is -1.28. The third-order valence-corrected chi connectivity index (χ3v) is 5.11. The molecule has 6 heteroatoms. The van der Waals surface area contributed by atoms with Gasteiger partial charge in [0.1, 0.15) is 0 Å². The average molecular weight is 325 g/mol. The maximum atomic E-state index is 11.4. The molecule has 0 atom stereocenters. The minimum absolute atomic E-state index is 0.360. The van der Waals surface area contributed by atoms with Crippen LogP contribution in [0, 0.1) is 0 Å². The highest BCUT2D eigenvalue weighted by Crippen LogP contribution is 2.25. The number of carbonyl (C=O) groups is 1. The number of nitrogens with one attached hydrogen (secondary N) is 1. The first kappa shape index (κ1) is 15.8. The number of halogens is 3. The van der Waals surface area contributed by atoms with Crippen molar-refractivity contribution in [3.63, 3.8) is 0 Å². The number of carbonyl (C=O) groups excluding carboxylic acids is 1. The summed E-state index contributed by atoms with van der Waals surface area (Å²) in [4.78, 5) is 11.4. The molecule has 100 valence electrons. The smallest absolute Gasteiger partial charge is 0.272 e. The van der Waals surface area contributed by atoms with E-state index in [4.69, 9.17) is 34.8 Å². The number of hydrogen-bond acceptors (Lipinski definition) is 1. The zero-order valence-electron chi connectivity index (χ0n) is 10.6. The van der Waals surface area contributed by atoms with Gasteiger partial charge in [0.25, 0.3) is 9.70 Å². The van der Waals surface area contributed by atoms with Crippen molar-refractivity contribution in [3.8, 4) is 0 Å². The Hall–Kier alpha value is -0.223. The van der Waals surface area contributed by atoms with Crippen molar-refractivity contribution in [2.45, 2.75) is 30.0 Å². The normalized spacial score (nSPS) is 12.3. The Bertz CT molecular complexity index is 420. The van der Waals surface area contributed by atoms with Crippen LogP contribution in [0.3, 0.4) is 0 Å². The van der Waals surface area contributed by atoms with Crippen molar-refractivity contribution < 1.29 is 4.79 Å². The molecule has 0 aromatic heterocycles. The average Bonchev–Trinajstić information content (AvgIpc) is 2.24. The Balaban J connectivity index is 2.63. The summed E-state index contributed by atoms with van der Waals surface area (Å²) in [5.41, 5.74) is 0.986. The van der Waals surface area contributed by atoms with Crippen molar-refractivity contribution in [2.24, 2.45) is 0 Å². The number of benzene rings is 1. The zero-order chi connectivity index (χ0) is 14.0. The van der Waals surface area contributed by atoms with Crippen LogP contribution in [0.1, 0.15) is 5.56 Å². The SMILES string of the molecule is C[Si](C)(C)c1ccc(CNC(=O)C(Cl)(Cl)Cl)cc1. The molecule has 0 saturated carbocycles. The summed E-state index contributed by atoms with van der Waals surface area (Å²) in [6.45, 7) is 7.21. The van der Waals surface area contributed by atoms with Gasteiger partial charge in [-0.3, -0.25) is 4.79 Å². The van der Waals surface area contributed by atoms with Gasteiger partial charge in [0, 0.05) is 6.54 Å². The second-order valence-electron chi connectivity index (χ2n) is 5.13. The van der Waals surface area contributed by atoms with Crippen molar-refractivity contribution in [1.82, 2.24) is 5.32 Å². The third-order valence-electron chi connectivity index (χ3n) is 2.53. The van der Waals surface area contributed by atoms with E-state index < -0.39 is 17.8 Å². The van der Waals surface area contributed by atoms with Crippen LogP contribution < -0.4 is 10.5 Å². The molecule has 0 aliphatic carbocycles. The summed E-state index contributed by atoms with van der Waals surface area (Å²) in [6, 6.07) is 8.19. The molecule has 1 rings (SSSR count). The second-order valence-corrected chi connectivity index (χ2v) is 12.5. The van der Waals surface area contributed by atoms with Crippen LogP contribution in [0.25, 0.3) is 0 Å². The lowest BCUT2D eigenvalue weighted by atomic mass is 10.2. The van der Waals surface area contributed by atoms with E-state index in [0.29, 0.717) is 6.54 Å². The molecular weight excluding hydrogens is 309 g/mol. The largest absolute Gasteiger partial charge is 0.348 e. The Labute approximate surface area is 124 Å². The Kier molecular flexibility index (Phi) is 5.12. The van der Waals surface area contributed by atoms with Crippen LogP contribution in [-0.2, 0) is 11.3 Å². The van der Waals surface area contributed by atoms with Gasteiger partial charge in [0.2, 0.25) is 0 Å². The van der Waals surface area contributed by atoms with E-state index in [9.17, 15) is 4.79 Å². The second kappa shape index (κ2) is 5.82. The molecule has 0 bridgehead atoms. The van der Waals surface area contributed by atoms with Gasteiger partial charge in [0.05, 0.1) is 8.07 Å². The van der Waals surface area contributed by atoms with Gasteiger partial charge in [-0.05, 0) is 5.56 Å². The summed E-state index contributed by atoms with van der Waals surface area (Å²) in [5.74, 6) is -0.609. The molecule has 1 aromatic rings. The van der Waals surface area contributed by atoms with Crippen molar-refractivity contribution in [2.75, 3.05) is 0 Å². The minimum atomic E-state index is -1.90. The van der Waals surface area contributed by atoms with Gasteiger partial charge in [-0.2, -0.15) is 0 Å². The quantitative estimate of drug-likeness (QED) is 0.671. The molecule has 18 heavy (non-hydrogen) atoms. The van der Waals surface area contributed by atoms with E-state index in [0.717, 1.165) is 5.56 Å². The van der Waals surface area contributed by atoms with Crippen LogP contribution in [0.5, 0.6) is 0 Å². The summed E-state index contributed by atoms with van der Waals surface area (Å²) in [5, 5.41) is 3.95. The molecule has 1 aromatic carbocycles. The van der Waals surface area contributed by atoms with Gasteiger partial charge in [-0.25, -0.2) is 0 Å². The van der Waals surface area contributed by atoms with Crippen LogP contribution in [-0.4, -0.2) is 17.8 Å². The summed E-state index contributed by atoms with van der Waals surface area (Å²) < 4.78 is -1.90. The lowest BCUT2D eigenvalue weighted by Gasteiger charge is -2.17. The summed E-state index contributed by atoms with van der Waals surface area (Å²) in [6.07, 6.45) is 0. The molecule has 0 aliphatic heterocycles. The molecule has 0 aliphatic rings. The Morgan fingerprint density at radius 1 is 1.17 bits per heavy atom. The maximum Gasteiger partial charge on any atom is 0.272 e. The Morgan fingerprint density at radius 2 is 1.67 bits per heavy atom. The molecular formula is C12H16Cl3NOSi. The number of amides is 1. The van der Waals surface area contributed by atoms with E-state index in [1.165, 1.54) is 5.19 Å². The lowest BCUT2D eigenvalue weighted by Crippen LogP contribution is -2.37. The Morgan fingerprint density at radius 3 is 2.06 bits per heavy atom. The summed E-state index contributed by atoms with van der Waals surface area (Å²) >= 11 is 16.4. The van der Waals surface area contributed by atoms with E-state index >= 15 is 0 Å². The van der Waals surface area contributed by atoms with Crippen LogP contribution in [0.15, 0.2) is 24.3 Å². The van der Waals surface area contributed by atoms with E-state index in [2.05, 4.69) is 37.1 Å². The maximum absolute atomic E-state index is 11.4. The molecule has 0 spiro atoms. The predicted molar refractivity (Wildman–Crippen MR) is 81.6 cm³/mol. The van der Waals surface area contributed by atoms with E-state index in [1.54, 1.807) is 0 Å². The van der Waals surface area contributed by atoms with Gasteiger partial charge in [-0.15, -0.1) is 0 Å². The molecule has 0 heterocycles. The fourth-order valence-electron chi connectivity index (χ4n) is 1.41. The third kappa shape index (κ3) is 4.80. The van der Waals surface area contributed by atoms with E-state index in [-0.39, 0.29) is 0 Å². The van der Waals surface area contributed by atoms with Crippen molar-refractivity contribution >= 4 is 54.0 Å². The molecule has 0 fully saturated rings. The van der Waals surface area contributed by atoms with Crippen LogP contribution in [0.4, 0.5) is 0 Å².